The molecular formula is C23H19Cl2NO3. The van der Waals surface area contributed by atoms with Crippen molar-refractivity contribution in [3.63, 3.8) is 0 Å². The first kappa shape index (κ1) is 20.9. The highest BCUT2D eigenvalue weighted by Crippen LogP contribution is 2.31. The number of hydrogen-bond acceptors (Lipinski definition) is 3. The van der Waals surface area contributed by atoms with E-state index in [0.717, 1.165) is 21.9 Å². The average Bonchev–Trinajstić information content (AvgIpc) is 2.67. The zero-order valence-electron chi connectivity index (χ0n) is 16.0. The third kappa shape index (κ3) is 5.17. The van der Waals surface area contributed by atoms with Gasteiger partial charge in [-0.15, -0.1) is 0 Å². The first-order valence-corrected chi connectivity index (χ1v) is 9.69. The molecule has 0 aliphatic carbocycles. The van der Waals surface area contributed by atoms with Gasteiger partial charge in [-0.05, 0) is 42.0 Å². The largest absolute Gasteiger partial charge is 0.488 e. The van der Waals surface area contributed by atoms with Gasteiger partial charge in [-0.1, -0.05) is 59.6 Å². The van der Waals surface area contributed by atoms with Crippen LogP contribution >= 0.6 is 23.2 Å². The van der Waals surface area contributed by atoms with E-state index < -0.39 is 11.8 Å². The Morgan fingerprint density at radius 1 is 1.03 bits per heavy atom. The van der Waals surface area contributed by atoms with Crippen LogP contribution in [0.2, 0.25) is 10.0 Å². The van der Waals surface area contributed by atoms with Crippen LogP contribution in [0.3, 0.4) is 0 Å². The number of imide groups is 1. The van der Waals surface area contributed by atoms with Gasteiger partial charge in [0, 0.05) is 33.7 Å². The predicted molar refractivity (Wildman–Crippen MR) is 117 cm³/mol. The van der Waals surface area contributed by atoms with Crippen molar-refractivity contribution in [2.75, 3.05) is 0 Å². The highest BCUT2D eigenvalue weighted by atomic mass is 35.5. The smallest absolute Gasteiger partial charge is 0.253 e. The molecule has 0 aliphatic rings. The van der Waals surface area contributed by atoms with Crippen molar-refractivity contribution in [2.24, 2.45) is 0 Å². The maximum absolute atomic E-state index is 12.2. The van der Waals surface area contributed by atoms with Gasteiger partial charge in [-0.2, -0.15) is 0 Å². The summed E-state index contributed by atoms with van der Waals surface area (Å²) in [6, 6.07) is 16.8. The molecule has 3 aromatic carbocycles. The molecule has 3 rings (SSSR count). The highest BCUT2D eigenvalue weighted by Gasteiger charge is 2.12. The van der Waals surface area contributed by atoms with Crippen molar-refractivity contribution in [2.45, 2.75) is 20.5 Å². The van der Waals surface area contributed by atoms with Crippen LogP contribution in [-0.2, 0) is 16.2 Å². The summed E-state index contributed by atoms with van der Waals surface area (Å²) in [7, 11) is 0. The summed E-state index contributed by atoms with van der Waals surface area (Å²) in [5, 5.41) is 5.30. The molecule has 1 N–H and O–H groups in total. The molecule has 0 heterocycles. The summed E-state index contributed by atoms with van der Waals surface area (Å²) in [6.45, 7) is 3.20. The molecule has 0 saturated heterocycles. The number of carbonyl (C=O) groups excluding carboxylic acids is 2. The number of amides is 2. The molecule has 0 radical (unpaired) electrons. The van der Waals surface area contributed by atoms with E-state index in [1.54, 1.807) is 25.1 Å². The van der Waals surface area contributed by atoms with E-state index in [2.05, 4.69) is 5.32 Å². The van der Waals surface area contributed by atoms with Gasteiger partial charge in [-0.3, -0.25) is 14.9 Å². The standard InChI is InChI=1S/C23H19Cl2NO3/c1-14(23(28)26-15(2)27)11-20-19-6-4-3-5-16(19)8-10-22(20)29-13-17-7-9-18(24)12-21(17)25/h3-12H,13H2,1-2H3,(H,26,27,28)/b14-11+. The van der Waals surface area contributed by atoms with Gasteiger partial charge < -0.3 is 4.74 Å². The molecule has 0 fully saturated rings. The lowest BCUT2D eigenvalue weighted by Gasteiger charge is -2.14. The van der Waals surface area contributed by atoms with Gasteiger partial charge >= 0.3 is 0 Å². The second-order valence-electron chi connectivity index (χ2n) is 6.56. The van der Waals surface area contributed by atoms with Crippen molar-refractivity contribution in [3.05, 3.63) is 81.3 Å². The molecule has 2 amide bonds. The first-order valence-electron chi connectivity index (χ1n) is 8.94. The lowest BCUT2D eigenvalue weighted by atomic mass is 10.0. The second-order valence-corrected chi connectivity index (χ2v) is 7.40. The summed E-state index contributed by atoms with van der Waals surface area (Å²) in [5.74, 6) is -0.253. The maximum Gasteiger partial charge on any atom is 0.253 e. The third-order valence-electron chi connectivity index (χ3n) is 4.34. The normalized spacial score (nSPS) is 11.4. The molecule has 6 heteroatoms. The Bertz CT molecular complexity index is 1120. The molecule has 0 aliphatic heterocycles. The minimum atomic E-state index is -0.447. The Hall–Kier alpha value is -2.82. The van der Waals surface area contributed by atoms with Crippen LogP contribution in [0.25, 0.3) is 16.8 Å². The Labute approximate surface area is 179 Å². The molecule has 3 aromatic rings. The number of halogens is 2. The van der Waals surface area contributed by atoms with Gasteiger partial charge in [-0.25, -0.2) is 0 Å². The van der Waals surface area contributed by atoms with Crippen molar-refractivity contribution in [1.29, 1.82) is 0 Å². The Balaban J connectivity index is 1.99. The number of ether oxygens (including phenoxy) is 1. The summed E-state index contributed by atoms with van der Waals surface area (Å²) in [6.07, 6.45) is 1.72. The molecule has 0 unspecified atom stereocenters. The van der Waals surface area contributed by atoms with E-state index in [1.165, 1.54) is 6.92 Å². The lowest BCUT2D eigenvalue weighted by molar-refractivity contribution is -0.127. The Kier molecular flexibility index (Phi) is 6.57. The van der Waals surface area contributed by atoms with Gasteiger partial charge in [0.25, 0.3) is 5.91 Å². The monoisotopic (exact) mass is 427 g/mol. The van der Waals surface area contributed by atoms with E-state index in [-0.39, 0.29) is 6.61 Å². The van der Waals surface area contributed by atoms with Gasteiger partial charge in [0.1, 0.15) is 12.4 Å². The van der Waals surface area contributed by atoms with Crippen LogP contribution in [0.4, 0.5) is 0 Å². The summed E-state index contributed by atoms with van der Waals surface area (Å²) < 4.78 is 6.04. The molecule has 0 bridgehead atoms. The molecule has 0 atom stereocenters. The summed E-state index contributed by atoms with van der Waals surface area (Å²) in [4.78, 5) is 23.4. The number of hydrogen-bond donors (Lipinski definition) is 1. The van der Waals surface area contributed by atoms with Gasteiger partial charge in [0.05, 0.1) is 0 Å². The van der Waals surface area contributed by atoms with Gasteiger partial charge in [0.15, 0.2) is 0 Å². The number of benzene rings is 3. The van der Waals surface area contributed by atoms with Crippen molar-refractivity contribution in [1.82, 2.24) is 5.32 Å². The fraction of sp³-hybridized carbons (Fsp3) is 0.130. The highest BCUT2D eigenvalue weighted by molar-refractivity contribution is 6.35. The second kappa shape index (κ2) is 9.12. The van der Waals surface area contributed by atoms with Crippen molar-refractivity contribution < 1.29 is 14.3 Å². The van der Waals surface area contributed by atoms with Crippen molar-refractivity contribution in [3.8, 4) is 5.75 Å². The van der Waals surface area contributed by atoms with Crippen LogP contribution in [0.5, 0.6) is 5.75 Å². The third-order valence-corrected chi connectivity index (χ3v) is 4.92. The Morgan fingerprint density at radius 3 is 2.52 bits per heavy atom. The van der Waals surface area contributed by atoms with Crippen LogP contribution in [0.15, 0.2) is 60.2 Å². The van der Waals surface area contributed by atoms with Crippen LogP contribution in [0, 0.1) is 0 Å². The Morgan fingerprint density at radius 2 is 1.79 bits per heavy atom. The molecule has 4 nitrogen and oxygen atoms in total. The molecule has 0 aromatic heterocycles. The minimum Gasteiger partial charge on any atom is -0.488 e. The van der Waals surface area contributed by atoms with Crippen molar-refractivity contribution >= 4 is 51.9 Å². The molecule has 148 valence electrons. The fourth-order valence-corrected chi connectivity index (χ4v) is 3.35. The number of fused-ring (bicyclic) bond motifs is 1. The minimum absolute atomic E-state index is 0.244. The van der Waals surface area contributed by atoms with E-state index in [9.17, 15) is 9.59 Å². The molecule has 0 saturated carbocycles. The number of rotatable bonds is 5. The topological polar surface area (TPSA) is 55.4 Å². The molecule has 0 spiro atoms. The SMILES string of the molecule is CC(=O)NC(=O)/C(C)=C/c1c(OCc2ccc(Cl)cc2Cl)ccc2ccccc12. The van der Waals surface area contributed by atoms with Crippen LogP contribution in [-0.4, -0.2) is 11.8 Å². The number of carbonyl (C=O) groups is 2. The lowest BCUT2D eigenvalue weighted by Crippen LogP contribution is -2.28. The van der Waals surface area contributed by atoms with Crippen LogP contribution < -0.4 is 10.1 Å². The predicted octanol–water partition coefficient (Wildman–Crippen LogP) is 5.79. The van der Waals surface area contributed by atoms with E-state index in [1.807, 2.05) is 42.5 Å². The average molecular weight is 428 g/mol. The fourth-order valence-electron chi connectivity index (χ4n) is 2.89. The number of nitrogens with one attached hydrogen (secondary N) is 1. The van der Waals surface area contributed by atoms with E-state index in [0.29, 0.717) is 21.4 Å². The van der Waals surface area contributed by atoms with E-state index >= 15 is 0 Å². The summed E-state index contributed by atoms with van der Waals surface area (Å²) in [5.41, 5.74) is 1.94. The zero-order valence-corrected chi connectivity index (χ0v) is 17.5. The van der Waals surface area contributed by atoms with Gasteiger partial charge in [0.2, 0.25) is 5.91 Å². The molecule has 29 heavy (non-hydrogen) atoms. The quantitative estimate of drug-likeness (QED) is 0.524. The maximum atomic E-state index is 12.2. The van der Waals surface area contributed by atoms with E-state index in [4.69, 9.17) is 27.9 Å². The first-order chi connectivity index (χ1) is 13.8. The molecular weight excluding hydrogens is 409 g/mol. The zero-order chi connectivity index (χ0) is 21.0. The summed E-state index contributed by atoms with van der Waals surface area (Å²) >= 11 is 12.2. The van der Waals surface area contributed by atoms with Crippen LogP contribution in [0.1, 0.15) is 25.0 Å².